The van der Waals surface area contributed by atoms with E-state index in [9.17, 15) is 4.79 Å². The molecule has 1 unspecified atom stereocenters. The normalized spacial score (nSPS) is 11.8. The maximum absolute atomic E-state index is 12.5. The zero-order chi connectivity index (χ0) is 20.6. The van der Waals surface area contributed by atoms with Gasteiger partial charge in [-0.1, -0.05) is 6.07 Å². The van der Waals surface area contributed by atoms with Crippen LogP contribution in [0.25, 0.3) is 10.6 Å². The van der Waals surface area contributed by atoms with Gasteiger partial charge in [0.2, 0.25) is 5.91 Å². The van der Waals surface area contributed by atoms with Gasteiger partial charge in [0.05, 0.1) is 31.9 Å². The third kappa shape index (κ3) is 5.79. The number of carbonyl (C=O) groups is 1. The van der Waals surface area contributed by atoms with Crippen LogP contribution < -0.4 is 14.8 Å². The van der Waals surface area contributed by atoms with Crippen LogP contribution in [0.15, 0.2) is 40.4 Å². The highest BCUT2D eigenvalue weighted by molar-refractivity contribution is 7.14. The van der Waals surface area contributed by atoms with Crippen molar-refractivity contribution in [3.05, 3.63) is 51.7 Å². The maximum Gasteiger partial charge on any atom is 0.226 e. The van der Waals surface area contributed by atoms with Gasteiger partial charge >= 0.3 is 0 Å². The van der Waals surface area contributed by atoms with Crippen LogP contribution in [0.4, 0.5) is 0 Å². The fourth-order valence-electron chi connectivity index (χ4n) is 2.75. The lowest BCUT2D eigenvalue weighted by Crippen LogP contribution is -2.28. The second kappa shape index (κ2) is 10.4. The number of amides is 1. The number of thiophene rings is 1. The molecule has 2 heterocycles. The minimum absolute atomic E-state index is 0.0703. The molecule has 3 aromatic rings. The van der Waals surface area contributed by atoms with E-state index < -0.39 is 0 Å². The molecular formula is C21H24N2O4S2. The molecule has 0 radical (unpaired) electrons. The van der Waals surface area contributed by atoms with Crippen molar-refractivity contribution in [3.8, 4) is 22.1 Å². The molecule has 0 aliphatic carbocycles. The molecule has 6 nitrogen and oxygen atoms in total. The number of methoxy groups -OCH3 is 2. The van der Waals surface area contributed by atoms with Crippen molar-refractivity contribution in [2.75, 3.05) is 27.4 Å². The van der Waals surface area contributed by atoms with Gasteiger partial charge in [0.25, 0.3) is 0 Å². The Morgan fingerprint density at radius 1 is 1.17 bits per heavy atom. The molecule has 0 aliphatic rings. The number of carbonyl (C=O) groups excluding carboxylic acids is 1. The quantitative estimate of drug-likeness (QED) is 0.483. The number of hydrogen-bond acceptors (Lipinski definition) is 7. The molecular weight excluding hydrogens is 408 g/mol. The summed E-state index contributed by atoms with van der Waals surface area (Å²) in [4.78, 5) is 17.0. The zero-order valence-electron chi connectivity index (χ0n) is 16.6. The van der Waals surface area contributed by atoms with Gasteiger partial charge in [-0.3, -0.25) is 4.79 Å². The number of nitrogens with one attached hydrogen (secondary N) is 1. The lowest BCUT2D eigenvalue weighted by molar-refractivity contribution is -0.121. The van der Waals surface area contributed by atoms with E-state index in [1.165, 1.54) is 0 Å². The number of nitrogens with zero attached hydrogens (tertiary/aromatic N) is 1. The first-order valence-corrected chi connectivity index (χ1v) is 11.0. The second-order valence-electron chi connectivity index (χ2n) is 6.37. The molecule has 1 N–H and O–H groups in total. The molecule has 1 aromatic carbocycles. The second-order valence-corrected chi connectivity index (χ2v) is 8.01. The van der Waals surface area contributed by atoms with E-state index in [2.05, 4.69) is 15.7 Å². The smallest absolute Gasteiger partial charge is 0.226 e. The molecule has 1 amide bonds. The van der Waals surface area contributed by atoms with Gasteiger partial charge < -0.3 is 19.5 Å². The van der Waals surface area contributed by atoms with Crippen molar-refractivity contribution in [2.24, 2.45) is 0 Å². The number of thiazole rings is 1. The van der Waals surface area contributed by atoms with Crippen LogP contribution in [0, 0.1) is 0 Å². The van der Waals surface area contributed by atoms with Crippen molar-refractivity contribution in [1.82, 2.24) is 10.3 Å². The van der Waals surface area contributed by atoms with Gasteiger partial charge in [-0.25, -0.2) is 4.98 Å². The molecule has 154 valence electrons. The summed E-state index contributed by atoms with van der Waals surface area (Å²) >= 11 is 3.19. The van der Waals surface area contributed by atoms with Crippen LogP contribution in [0.3, 0.4) is 0 Å². The summed E-state index contributed by atoms with van der Waals surface area (Å²) in [7, 11) is 3.22. The van der Waals surface area contributed by atoms with Crippen molar-refractivity contribution >= 4 is 28.6 Å². The van der Waals surface area contributed by atoms with Gasteiger partial charge in [0, 0.05) is 23.4 Å². The Kier molecular flexibility index (Phi) is 7.62. The first-order chi connectivity index (χ1) is 14.1. The summed E-state index contributed by atoms with van der Waals surface area (Å²) in [6, 6.07) is 7.52. The highest BCUT2D eigenvalue weighted by Gasteiger charge is 2.15. The Morgan fingerprint density at radius 3 is 2.76 bits per heavy atom. The fourth-order valence-corrected chi connectivity index (χ4v) is 4.29. The molecule has 0 bridgehead atoms. The lowest BCUT2D eigenvalue weighted by Gasteiger charge is -2.17. The van der Waals surface area contributed by atoms with E-state index in [4.69, 9.17) is 14.2 Å². The van der Waals surface area contributed by atoms with Gasteiger partial charge in [-0.05, 0) is 36.1 Å². The minimum Gasteiger partial charge on any atom is -0.493 e. The largest absolute Gasteiger partial charge is 0.493 e. The molecule has 1 atom stereocenters. The van der Waals surface area contributed by atoms with Gasteiger partial charge in [-0.15, -0.1) is 11.3 Å². The predicted octanol–water partition coefficient (Wildman–Crippen LogP) is 4.33. The number of aromatic nitrogens is 1. The Hall–Kier alpha value is -2.42. The Labute approximate surface area is 178 Å². The summed E-state index contributed by atoms with van der Waals surface area (Å²) in [6.45, 7) is 2.89. The van der Waals surface area contributed by atoms with Crippen LogP contribution in [-0.4, -0.2) is 38.3 Å². The molecule has 29 heavy (non-hydrogen) atoms. The standard InChI is InChI=1S/C21H24N2O4S2/c1-14(15-4-5-18(19(10-15)26-3)27-8-7-25-2)22-20(24)11-17-13-29-21(23-17)16-6-9-28-12-16/h4-6,9-10,12-14H,7-8,11H2,1-3H3,(H,22,24). The van der Waals surface area contributed by atoms with Gasteiger partial charge in [0.15, 0.2) is 11.5 Å². The molecule has 0 aliphatic heterocycles. The van der Waals surface area contributed by atoms with Crippen LogP contribution in [0.2, 0.25) is 0 Å². The Balaban J connectivity index is 1.59. The van der Waals surface area contributed by atoms with E-state index in [1.807, 2.05) is 41.9 Å². The zero-order valence-corrected chi connectivity index (χ0v) is 18.3. The Morgan fingerprint density at radius 2 is 2.03 bits per heavy atom. The van der Waals surface area contributed by atoms with E-state index in [1.54, 1.807) is 36.9 Å². The first kappa shape index (κ1) is 21.3. The average Bonchev–Trinajstić information content (AvgIpc) is 3.40. The minimum atomic E-state index is -0.167. The van der Waals surface area contributed by atoms with Crippen LogP contribution in [0.5, 0.6) is 11.5 Å². The van der Waals surface area contributed by atoms with Gasteiger partial charge in [0.1, 0.15) is 11.6 Å². The maximum atomic E-state index is 12.5. The molecule has 3 rings (SSSR count). The highest BCUT2D eigenvalue weighted by Crippen LogP contribution is 2.30. The summed E-state index contributed by atoms with van der Waals surface area (Å²) in [5.74, 6) is 1.20. The molecule has 8 heteroatoms. The highest BCUT2D eigenvalue weighted by atomic mass is 32.1. The Bertz CT molecular complexity index is 925. The van der Waals surface area contributed by atoms with Crippen molar-refractivity contribution in [2.45, 2.75) is 19.4 Å². The van der Waals surface area contributed by atoms with Crippen molar-refractivity contribution in [3.63, 3.8) is 0 Å². The monoisotopic (exact) mass is 432 g/mol. The van der Waals surface area contributed by atoms with Crippen molar-refractivity contribution < 1.29 is 19.0 Å². The van der Waals surface area contributed by atoms with Gasteiger partial charge in [-0.2, -0.15) is 11.3 Å². The number of ether oxygens (including phenoxy) is 3. The molecule has 0 fully saturated rings. The SMILES string of the molecule is COCCOc1ccc(C(C)NC(=O)Cc2csc(-c3ccsc3)n2)cc1OC. The molecule has 2 aromatic heterocycles. The first-order valence-electron chi connectivity index (χ1n) is 9.16. The van der Waals surface area contributed by atoms with Crippen molar-refractivity contribution in [1.29, 1.82) is 0 Å². The van der Waals surface area contributed by atoms with Crippen LogP contribution >= 0.6 is 22.7 Å². The lowest BCUT2D eigenvalue weighted by atomic mass is 10.1. The molecule has 0 saturated carbocycles. The van der Waals surface area contributed by atoms with Crippen LogP contribution in [-0.2, 0) is 16.0 Å². The van der Waals surface area contributed by atoms with Crippen LogP contribution in [0.1, 0.15) is 24.2 Å². The van der Waals surface area contributed by atoms with E-state index >= 15 is 0 Å². The van der Waals surface area contributed by atoms with E-state index in [0.29, 0.717) is 24.7 Å². The fraction of sp³-hybridized carbons (Fsp3) is 0.333. The number of rotatable bonds is 10. The summed E-state index contributed by atoms with van der Waals surface area (Å²) in [5.41, 5.74) is 2.81. The number of hydrogen-bond donors (Lipinski definition) is 1. The third-order valence-electron chi connectivity index (χ3n) is 4.27. The van der Waals surface area contributed by atoms with E-state index in [0.717, 1.165) is 21.8 Å². The summed E-state index contributed by atoms with van der Waals surface area (Å²) in [6.07, 6.45) is 0.250. The third-order valence-corrected chi connectivity index (χ3v) is 5.90. The summed E-state index contributed by atoms with van der Waals surface area (Å²) in [5, 5.41) is 9.98. The van der Waals surface area contributed by atoms with E-state index in [-0.39, 0.29) is 18.4 Å². The predicted molar refractivity (Wildman–Crippen MR) is 116 cm³/mol. The topological polar surface area (TPSA) is 69.7 Å². The molecule has 0 spiro atoms. The summed E-state index contributed by atoms with van der Waals surface area (Å²) < 4.78 is 16.1. The average molecular weight is 433 g/mol. The molecule has 0 saturated heterocycles. The number of benzene rings is 1.